The van der Waals surface area contributed by atoms with Crippen LogP contribution in [0.2, 0.25) is 0 Å². The van der Waals surface area contributed by atoms with Gasteiger partial charge in [0.05, 0.1) is 13.2 Å². The first-order valence-corrected chi connectivity index (χ1v) is 7.72. The van der Waals surface area contributed by atoms with Gasteiger partial charge in [0.1, 0.15) is 5.41 Å². The number of carbonyl (C=O) groups excluding carboxylic acids is 2. The average Bonchev–Trinajstić information content (AvgIpc) is 2.56. The molecule has 2 rings (SSSR count). The van der Waals surface area contributed by atoms with Crippen LogP contribution < -0.4 is 4.90 Å². The average molecular weight is 304 g/mol. The van der Waals surface area contributed by atoms with E-state index < -0.39 is 5.41 Å². The molecule has 0 spiro atoms. The predicted octanol–water partition coefficient (Wildman–Crippen LogP) is 1.92. The second-order valence-electron chi connectivity index (χ2n) is 5.91. The van der Waals surface area contributed by atoms with Gasteiger partial charge in [-0.05, 0) is 32.9 Å². The van der Waals surface area contributed by atoms with Gasteiger partial charge >= 0.3 is 0 Å². The van der Waals surface area contributed by atoms with Crippen LogP contribution in [0.1, 0.15) is 20.8 Å². The molecule has 0 N–H and O–H groups in total. The number of carbonyl (C=O) groups is 2. The zero-order valence-corrected chi connectivity index (χ0v) is 13.5. The maximum atomic E-state index is 12.9. The first-order valence-electron chi connectivity index (χ1n) is 7.72. The summed E-state index contributed by atoms with van der Waals surface area (Å²) in [5.41, 5.74) is -0.263. The Balaban J connectivity index is 2.19. The molecule has 1 saturated heterocycles. The molecule has 0 radical (unpaired) electrons. The second kappa shape index (κ2) is 6.92. The summed E-state index contributed by atoms with van der Waals surface area (Å²) in [5, 5.41) is 0. The highest BCUT2D eigenvalue weighted by Gasteiger charge is 2.42. The zero-order chi connectivity index (χ0) is 16.2. The number of hydrogen-bond acceptors (Lipinski definition) is 3. The molecule has 1 aromatic rings. The SMILES string of the molecule is CCN(C(=O)C(C)(C)C(=O)N1CCOCC1)c1ccccc1. The van der Waals surface area contributed by atoms with E-state index in [-0.39, 0.29) is 11.8 Å². The third-order valence-corrected chi connectivity index (χ3v) is 4.00. The maximum Gasteiger partial charge on any atom is 0.242 e. The number of anilines is 1. The third kappa shape index (κ3) is 3.30. The van der Waals surface area contributed by atoms with E-state index in [1.54, 1.807) is 23.6 Å². The van der Waals surface area contributed by atoms with Crippen LogP contribution in [0, 0.1) is 5.41 Å². The van der Waals surface area contributed by atoms with Crippen molar-refractivity contribution in [2.75, 3.05) is 37.7 Å². The van der Waals surface area contributed by atoms with Crippen molar-refractivity contribution in [3.05, 3.63) is 30.3 Å². The topological polar surface area (TPSA) is 49.9 Å². The number of para-hydroxylation sites is 1. The fourth-order valence-corrected chi connectivity index (χ4v) is 2.64. The molecule has 0 unspecified atom stereocenters. The summed E-state index contributed by atoms with van der Waals surface area (Å²) in [6.45, 7) is 8.03. The van der Waals surface area contributed by atoms with Gasteiger partial charge in [-0.1, -0.05) is 18.2 Å². The molecule has 1 heterocycles. The minimum atomic E-state index is -1.08. The molecule has 0 saturated carbocycles. The smallest absolute Gasteiger partial charge is 0.242 e. The van der Waals surface area contributed by atoms with Crippen molar-refractivity contribution in [2.45, 2.75) is 20.8 Å². The molecule has 1 fully saturated rings. The van der Waals surface area contributed by atoms with Gasteiger partial charge in [0, 0.05) is 25.3 Å². The second-order valence-corrected chi connectivity index (χ2v) is 5.91. The predicted molar refractivity (Wildman–Crippen MR) is 85.6 cm³/mol. The van der Waals surface area contributed by atoms with E-state index in [1.165, 1.54) is 0 Å². The lowest BCUT2D eigenvalue weighted by Crippen LogP contribution is -2.53. The van der Waals surface area contributed by atoms with E-state index in [0.29, 0.717) is 32.8 Å². The minimum Gasteiger partial charge on any atom is -0.378 e. The molecule has 1 aromatic carbocycles. The molecule has 0 aromatic heterocycles. The van der Waals surface area contributed by atoms with Gasteiger partial charge in [-0.15, -0.1) is 0 Å². The summed E-state index contributed by atoms with van der Waals surface area (Å²) in [4.78, 5) is 29.1. The van der Waals surface area contributed by atoms with Gasteiger partial charge in [-0.2, -0.15) is 0 Å². The molecule has 0 aliphatic carbocycles. The van der Waals surface area contributed by atoms with Crippen LogP contribution >= 0.6 is 0 Å². The minimum absolute atomic E-state index is 0.129. The maximum absolute atomic E-state index is 12.9. The summed E-state index contributed by atoms with van der Waals surface area (Å²) >= 11 is 0. The fraction of sp³-hybridized carbons (Fsp3) is 0.529. The van der Waals surface area contributed by atoms with Gasteiger partial charge in [-0.25, -0.2) is 0 Å². The number of benzene rings is 1. The van der Waals surface area contributed by atoms with E-state index in [0.717, 1.165) is 5.69 Å². The highest BCUT2D eigenvalue weighted by molar-refractivity contribution is 6.11. The standard InChI is InChI=1S/C17H24N2O3/c1-4-19(14-8-6-5-7-9-14)16(21)17(2,3)15(20)18-10-12-22-13-11-18/h5-9H,4,10-13H2,1-3H3. The van der Waals surface area contributed by atoms with Gasteiger partial charge in [0.25, 0.3) is 0 Å². The Morgan fingerprint density at radius 3 is 2.32 bits per heavy atom. The number of ether oxygens (including phenoxy) is 1. The van der Waals surface area contributed by atoms with Crippen LogP contribution in [0.5, 0.6) is 0 Å². The van der Waals surface area contributed by atoms with E-state index in [4.69, 9.17) is 4.74 Å². The van der Waals surface area contributed by atoms with Crippen LogP contribution in [0.3, 0.4) is 0 Å². The highest BCUT2D eigenvalue weighted by Crippen LogP contribution is 2.26. The van der Waals surface area contributed by atoms with Crippen molar-refractivity contribution in [2.24, 2.45) is 5.41 Å². The van der Waals surface area contributed by atoms with Crippen molar-refractivity contribution in [3.63, 3.8) is 0 Å². The highest BCUT2D eigenvalue weighted by atomic mass is 16.5. The molecular formula is C17H24N2O3. The van der Waals surface area contributed by atoms with Crippen LogP contribution in [0.25, 0.3) is 0 Å². The number of hydrogen-bond donors (Lipinski definition) is 0. The van der Waals surface area contributed by atoms with Crippen LogP contribution in [-0.2, 0) is 14.3 Å². The lowest BCUT2D eigenvalue weighted by atomic mass is 9.89. The lowest BCUT2D eigenvalue weighted by Gasteiger charge is -2.36. The summed E-state index contributed by atoms with van der Waals surface area (Å²) in [6, 6.07) is 9.46. The van der Waals surface area contributed by atoms with Gasteiger partial charge < -0.3 is 14.5 Å². The first kappa shape index (κ1) is 16.5. The van der Waals surface area contributed by atoms with Crippen molar-refractivity contribution < 1.29 is 14.3 Å². The molecule has 1 aliphatic rings. The molecule has 120 valence electrons. The third-order valence-electron chi connectivity index (χ3n) is 4.00. The number of morpholine rings is 1. The largest absolute Gasteiger partial charge is 0.378 e. The fourth-order valence-electron chi connectivity index (χ4n) is 2.64. The Kier molecular flexibility index (Phi) is 5.19. The normalized spacial score (nSPS) is 15.5. The first-order chi connectivity index (χ1) is 10.5. The Labute approximate surface area is 131 Å². The Bertz CT molecular complexity index is 522. The van der Waals surface area contributed by atoms with Gasteiger partial charge in [-0.3, -0.25) is 9.59 Å². The van der Waals surface area contributed by atoms with E-state index in [2.05, 4.69) is 0 Å². The van der Waals surface area contributed by atoms with Crippen LogP contribution in [-0.4, -0.2) is 49.6 Å². The molecule has 22 heavy (non-hydrogen) atoms. The Morgan fingerprint density at radius 2 is 1.77 bits per heavy atom. The molecular weight excluding hydrogens is 280 g/mol. The summed E-state index contributed by atoms with van der Waals surface area (Å²) in [6.07, 6.45) is 0. The van der Waals surface area contributed by atoms with Crippen molar-refractivity contribution in [3.8, 4) is 0 Å². The van der Waals surface area contributed by atoms with E-state index >= 15 is 0 Å². The van der Waals surface area contributed by atoms with Gasteiger partial charge in [0.15, 0.2) is 0 Å². The van der Waals surface area contributed by atoms with Crippen LogP contribution in [0.4, 0.5) is 5.69 Å². The summed E-state index contributed by atoms with van der Waals surface area (Å²) in [5.74, 6) is -0.298. The van der Waals surface area contributed by atoms with E-state index in [9.17, 15) is 9.59 Å². The summed E-state index contributed by atoms with van der Waals surface area (Å²) in [7, 11) is 0. The van der Waals surface area contributed by atoms with Gasteiger partial charge in [0.2, 0.25) is 11.8 Å². The molecule has 5 heteroatoms. The quantitative estimate of drug-likeness (QED) is 0.799. The number of rotatable bonds is 4. The number of amides is 2. The zero-order valence-electron chi connectivity index (χ0n) is 13.5. The van der Waals surface area contributed by atoms with Crippen molar-refractivity contribution >= 4 is 17.5 Å². The van der Waals surface area contributed by atoms with E-state index in [1.807, 2.05) is 37.3 Å². The molecule has 0 atom stereocenters. The van der Waals surface area contributed by atoms with Crippen LogP contribution in [0.15, 0.2) is 30.3 Å². The molecule has 0 bridgehead atoms. The molecule has 2 amide bonds. The van der Waals surface area contributed by atoms with Crippen molar-refractivity contribution in [1.29, 1.82) is 0 Å². The number of nitrogens with zero attached hydrogens (tertiary/aromatic N) is 2. The summed E-state index contributed by atoms with van der Waals surface area (Å²) < 4.78 is 5.27. The Hall–Kier alpha value is -1.88. The lowest BCUT2D eigenvalue weighted by molar-refractivity contribution is -0.150. The van der Waals surface area contributed by atoms with Crippen molar-refractivity contribution in [1.82, 2.24) is 4.90 Å². The monoisotopic (exact) mass is 304 g/mol. The molecule has 1 aliphatic heterocycles. The molecule has 5 nitrogen and oxygen atoms in total. The Morgan fingerprint density at radius 1 is 1.18 bits per heavy atom.